The normalized spacial score (nSPS) is 10.7. The molecule has 0 unspecified atom stereocenters. The average Bonchev–Trinajstić information content (AvgIpc) is 2.64. The summed E-state index contributed by atoms with van der Waals surface area (Å²) in [6.45, 7) is 6.15. The first-order valence-corrected chi connectivity index (χ1v) is 9.67. The fourth-order valence-electron chi connectivity index (χ4n) is 2.32. The van der Waals surface area contributed by atoms with E-state index in [1.54, 1.807) is 6.07 Å². The van der Waals surface area contributed by atoms with Gasteiger partial charge < -0.3 is 27.5 Å². The van der Waals surface area contributed by atoms with E-state index >= 15 is 0 Å². The van der Waals surface area contributed by atoms with Crippen LogP contribution in [-0.4, -0.2) is 28.3 Å². The summed E-state index contributed by atoms with van der Waals surface area (Å²) in [6.07, 6.45) is 1.19. The number of halogens is 1. The van der Waals surface area contributed by atoms with E-state index in [-0.39, 0.29) is 23.3 Å². The number of rotatable bonds is 7. The molecule has 0 radical (unpaired) electrons. The van der Waals surface area contributed by atoms with Crippen LogP contribution in [0.2, 0.25) is 5.02 Å². The van der Waals surface area contributed by atoms with Crippen LogP contribution in [0.15, 0.2) is 24.3 Å². The number of benzene rings is 1. The quantitative estimate of drug-likeness (QED) is 0.332. The number of aryl methyl sites for hydroxylation is 1. The molecule has 8 nitrogen and oxygen atoms in total. The van der Waals surface area contributed by atoms with Crippen LogP contribution >= 0.6 is 23.8 Å². The predicted molar refractivity (Wildman–Crippen MR) is 120 cm³/mol. The Hall–Kier alpha value is -2.91. The van der Waals surface area contributed by atoms with Crippen molar-refractivity contribution < 1.29 is 9.59 Å². The molecular formula is C19H25ClN6O2S. The first-order chi connectivity index (χ1) is 13.7. The number of hydrogen-bond acceptors (Lipinski definition) is 6. The van der Waals surface area contributed by atoms with Crippen LogP contribution in [0.3, 0.4) is 0 Å². The van der Waals surface area contributed by atoms with Crippen LogP contribution < -0.4 is 22.5 Å². The highest BCUT2D eigenvalue weighted by atomic mass is 35.5. The number of nitrogens with two attached hydrogens (primary N) is 3. The van der Waals surface area contributed by atoms with Crippen LogP contribution in [-0.2, 0) is 9.59 Å². The summed E-state index contributed by atoms with van der Waals surface area (Å²) in [5, 5.41) is 3.49. The zero-order valence-corrected chi connectivity index (χ0v) is 18.1. The largest absolute Gasteiger partial charge is 0.398 e. The summed E-state index contributed by atoms with van der Waals surface area (Å²) in [7, 11) is 0. The Morgan fingerprint density at radius 1 is 1.28 bits per heavy atom. The van der Waals surface area contributed by atoms with Crippen molar-refractivity contribution in [1.29, 1.82) is 0 Å². The van der Waals surface area contributed by atoms with Crippen molar-refractivity contribution in [2.24, 2.45) is 17.2 Å². The Morgan fingerprint density at radius 3 is 2.48 bits per heavy atom. The molecule has 2 amide bonds. The van der Waals surface area contributed by atoms with E-state index in [4.69, 9.17) is 41.0 Å². The maximum atomic E-state index is 11.2. The molecule has 2 rings (SSSR count). The SMILES string of the molecule is CC.Cc1ccc(-c2[nH]c(NCCC(N)=O)nc(=S)c2/C(N)=C/C(N)=O)cc1Cl. The van der Waals surface area contributed by atoms with E-state index in [1.807, 2.05) is 32.9 Å². The van der Waals surface area contributed by atoms with Crippen LogP contribution in [0.4, 0.5) is 5.95 Å². The molecule has 0 aliphatic carbocycles. The van der Waals surface area contributed by atoms with E-state index < -0.39 is 11.8 Å². The Kier molecular flexibility index (Phi) is 9.30. The van der Waals surface area contributed by atoms with Gasteiger partial charge in [-0.3, -0.25) is 9.59 Å². The minimum Gasteiger partial charge on any atom is -0.398 e. The third-order valence-electron chi connectivity index (χ3n) is 3.63. The number of nitrogens with zero attached hydrogens (tertiary/aromatic N) is 1. The molecule has 0 aliphatic heterocycles. The van der Waals surface area contributed by atoms with Crippen molar-refractivity contribution in [3.05, 3.63) is 45.1 Å². The van der Waals surface area contributed by atoms with Crippen molar-refractivity contribution in [2.45, 2.75) is 27.2 Å². The van der Waals surface area contributed by atoms with Gasteiger partial charge in [-0.2, -0.15) is 0 Å². The van der Waals surface area contributed by atoms with E-state index in [1.165, 1.54) is 0 Å². The van der Waals surface area contributed by atoms with Crippen LogP contribution in [0.1, 0.15) is 31.4 Å². The number of amides is 2. The second-order valence-electron chi connectivity index (χ2n) is 5.75. The Morgan fingerprint density at radius 2 is 1.93 bits per heavy atom. The summed E-state index contributed by atoms with van der Waals surface area (Å²) in [4.78, 5) is 29.4. The molecule has 0 atom stereocenters. The van der Waals surface area contributed by atoms with E-state index in [0.29, 0.717) is 27.8 Å². The maximum Gasteiger partial charge on any atom is 0.243 e. The number of aromatic nitrogens is 2. The molecule has 156 valence electrons. The highest BCUT2D eigenvalue weighted by Gasteiger charge is 2.15. The Balaban J connectivity index is 0.00000204. The fraction of sp³-hybridized carbons (Fsp3) is 0.263. The van der Waals surface area contributed by atoms with Gasteiger partial charge in [-0.05, 0) is 18.6 Å². The molecule has 0 fully saturated rings. The number of carbonyl (C=O) groups excluding carboxylic acids is 2. The van der Waals surface area contributed by atoms with Gasteiger partial charge >= 0.3 is 0 Å². The topological polar surface area (TPSA) is 153 Å². The van der Waals surface area contributed by atoms with Crippen LogP contribution in [0, 0.1) is 11.6 Å². The third-order valence-corrected chi connectivity index (χ3v) is 4.33. The van der Waals surface area contributed by atoms with Crippen molar-refractivity contribution in [3.63, 3.8) is 0 Å². The lowest BCUT2D eigenvalue weighted by molar-refractivity contribution is -0.117. The predicted octanol–water partition coefficient (Wildman–Crippen LogP) is 2.87. The molecule has 29 heavy (non-hydrogen) atoms. The summed E-state index contributed by atoms with van der Waals surface area (Å²) < 4.78 is 0.150. The molecule has 0 saturated carbocycles. The van der Waals surface area contributed by atoms with Gasteiger partial charge in [-0.25, -0.2) is 4.98 Å². The van der Waals surface area contributed by atoms with Gasteiger partial charge in [0.2, 0.25) is 17.8 Å². The minimum absolute atomic E-state index is 0.0756. The highest BCUT2D eigenvalue weighted by molar-refractivity contribution is 7.71. The first-order valence-electron chi connectivity index (χ1n) is 8.89. The summed E-state index contributed by atoms with van der Waals surface area (Å²) in [6, 6.07) is 5.41. The second-order valence-corrected chi connectivity index (χ2v) is 6.54. The van der Waals surface area contributed by atoms with Crippen molar-refractivity contribution in [2.75, 3.05) is 11.9 Å². The van der Waals surface area contributed by atoms with Gasteiger partial charge in [-0.15, -0.1) is 0 Å². The molecule has 8 N–H and O–H groups in total. The van der Waals surface area contributed by atoms with Gasteiger partial charge in [0.15, 0.2) is 0 Å². The van der Waals surface area contributed by atoms with Gasteiger partial charge in [0.25, 0.3) is 0 Å². The third kappa shape index (κ3) is 6.88. The molecule has 0 saturated heterocycles. The summed E-state index contributed by atoms with van der Waals surface area (Å²) >= 11 is 11.6. The van der Waals surface area contributed by atoms with Gasteiger partial charge in [-0.1, -0.05) is 49.8 Å². The monoisotopic (exact) mass is 436 g/mol. The van der Waals surface area contributed by atoms with Crippen molar-refractivity contribution in [1.82, 2.24) is 9.97 Å². The first kappa shape index (κ1) is 24.1. The van der Waals surface area contributed by atoms with Crippen molar-refractivity contribution >= 4 is 47.3 Å². The Bertz CT molecular complexity index is 987. The van der Waals surface area contributed by atoms with E-state index in [0.717, 1.165) is 11.6 Å². The molecule has 1 aromatic carbocycles. The standard InChI is InChI=1S/C17H19ClN6O2S.C2H6/c1-8-2-3-9(6-10(8)18)15-14(11(19)7-13(21)26)16(27)24-17(23-15)22-5-4-12(20)25;1-2/h2-3,6-7H,4-5,19H2,1H3,(H2,20,25)(H2,21,26)(H2,22,23,24,27);1-2H3/b11-7-;. The summed E-state index contributed by atoms with van der Waals surface area (Å²) in [5.74, 6) is -0.834. The maximum absolute atomic E-state index is 11.2. The second kappa shape index (κ2) is 11.2. The lowest BCUT2D eigenvalue weighted by Gasteiger charge is -2.14. The molecule has 0 spiro atoms. The smallest absolute Gasteiger partial charge is 0.243 e. The molecule has 1 aromatic heterocycles. The Labute approximate surface area is 179 Å². The molecule has 1 heterocycles. The molecule has 0 aliphatic rings. The van der Waals surface area contributed by atoms with Crippen molar-refractivity contribution in [3.8, 4) is 11.3 Å². The number of primary amides is 2. The molecular weight excluding hydrogens is 412 g/mol. The number of H-pyrrole nitrogens is 1. The number of aromatic amines is 1. The number of hydrogen-bond donors (Lipinski definition) is 5. The lowest BCUT2D eigenvalue weighted by atomic mass is 10.0. The molecule has 2 aromatic rings. The number of anilines is 1. The zero-order chi connectivity index (χ0) is 22.1. The molecule has 10 heteroatoms. The van der Waals surface area contributed by atoms with Crippen LogP contribution in [0.25, 0.3) is 17.0 Å². The minimum atomic E-state index is -0.710. The van der Waals surface area contributed by atoms with E-state index in [9.17, 15) is 9.59 Å². The fourth-order valence-corrected chi connectivity index (χ4v) is 2.81. The van der Waals surface area contributed by atoms with Gasteiger partial charge in [0, 0.05) is 35.3 Å². The zero-order valence-electron chi connectivity index (χ0n) is 16.5. The van der Waals surface area contributed by atoms with Crippen LogP contribution in [0.5, 0.6) is 0 Å². The molecule has 0 bridgehead atoms. The number of carbonyl (C=O) groups is 2. The lowest BCUT2D eigenvalue weighted by Crippen LogP contribution is -2.17. The van der Waals surface area contributed by atoms with Gasteiger partial charge in [0.05, 0.1) is 11.3 Å². The average molecular weight is 437 g/mol. The van der Waals surface area contributed by atoms with E-state index in [2.05, 4.69) is 15.3 Å². The highest BCUT2D eigenvalue weighted by Crippen LogP contribution is 2.30. The number of nitrogens with one attached hydrogen (secondary N) is 2. The van der Waals surface area contributed by atoms with Gasteiger partial charge in [0.1, 0.15) is 4.64 Å². The summed E-state index contributed by atoms with van der Waals surface area (Å²) in [5.41, 5.74) is 18.9.